The van der Waals surface area contributed by atoms with Crippen molar-refractivity contribution in [3.05, 3.63) is 83.6 Å². The lowest BCUT2D eigenvalue weighted by atomic mass is 10.0. The summed E-state index contributed by atoms with van der Waals surface area (Å²) < 4.78 is 5.34. The Labute approximate surface area is 171 Å². The zero-order valence-corrected chi connectivity index (χ0v) is 16.2. The van der Waals surface area contributed by atoms with E-state index in [1.54, 1.807) is 6.20 Å². The highest BCUT2D eigenvalue weighted by atomic mass is 16.5. The maximum Gasteiger partial charge on any atom is 0.338 e. The number of aromatic amines is 1. The summed E-state index contributed by atoms with van der Waals surface area (Å²) >= 11 is 0. The smallest absolute Gasteiger partial charge is 0.338 e. The molecule has 1 aliphatic rings. The quantitative estimate of drug-likeness (QED) is 0.295. The number of nitrogens with zero attached hydrogens (tertiary/aromatic N) is 1. The van der Waals surface area contributed by atoms with Crippen molar-refractivity contribution in [2.24, 2.45) is 0 Å². The minimum Gasteiger partial charge on any atom is -0.451 e. The number of carbonyl (C=O) groups excluding carboxylic acids is 4. The Morgan fingerprint density at radius 1 is 1.13 bits per heavy atom. The zero-order valence-electron chi connectivity index (χ0n) is 16.2. The number of fused-ring (bicyclic) bond motifs is 2. The molecule has 4 rings (SSSR count). The summed E-state index contributed by atoms with van der Waals surface area (Å²) in [5, 5.41) is 0.745. The van der Waals surface area contributed by atoms with Crippen molar-refractivity contribution < 1.29 is 23.9 Å². The predicted molar refractivity (Wildman–Crippen MR) is 110 cm³/mol. The number of esters is 1. The minimum absolute atomic E-state index is 0.0856. The second kappa shape index (κ2) is 7.44. The number of rotatable bonds is 6. The molecule has 7 nitrogen and oxygen atoms in total. The number of benzene rings is 2. The molecule has 0 saturated heterocycles. The summed E-state index contributed by atoms with van der Waals surface area (Å²) in [7, 11) is 0. The van der Waals surface area contributed by atoms with E-state index in [2.05, 4.69) is 11.6 Å². The Bertz CT molecular complexity index is 1220. The van der Waals surface area contributed by atoms with Crippen molar-refractivity contribution in [2.75, 3.05) is 6.54 Å². The third-order valence-electron chi connectivity index (χ3n) is 5.03. The zero-order chi connectivity index (χ0) is 21.4. The van der Waals surface area contributed by atoms with Gasteiger partial charge in [0.15, 0.2) is 6.10 Å². The van der Waals surface area contributed by atoms with E-state index < -0.39 is 23.9 Å². The number of amides is 2. The van der Waals surface area contributed by atoms with Gasteiger partial charge in [0, 0.05) is 29.2 Å². The van der Waals surface area contributed by atoms with Gasteiger partial charge >= 0.3 is 5.97 Å². The maximum atomic E-state index is 12.8. The molecule has 2 heterocycles. The molecule has 0 aliphatic carbocycles. The Hall–Kier alpha value is -4.00. The molecule has 1 atom stereocenters. The van der Waals surface area contributed by atoms with Gasteiger partial charge in [0.1, 0.15) is 0 Å². The van der Waals surface area contributed by atoms with Crippen LogP contribution in [0, 0.1) is 0 Å². The molecule has 2 aromatic carbocycles. The number of aromatic nitrogens is 1. The van der Waals surface area contributed by atoms with Crippen molar-refractivity contribution in [3.63, 3.8) is 0 Å². The Kier molecular flexibility index (Phi) is 4.79. The molecule has 150 valence electrons. The van der Waals surface area contributed by atoms with Gasteiger partial charge in [-0.25, -0.2) is 4.79 Å². The topological polar surface area (TPSA) is 96.5 Å². The first kappa shape index (κ1) is 19.3. The second-order valence-corrected chi connectivity index (χ2v) is 6.93. The van der Waals surface area contributed by atoms with E-state index in [9.17, 15) is 19.2 Å². The van der Waals surface area contributed by atoms with Crippen LogP contribution in [0.2, 0.25) is 0 Å². The molecular formula is C23H18N2O5. The van der Waals surface area contributed by atoms with Crippen molar-refractivity contribution in [2.45, 2.75) is 13.0 Å². The number of ketones is 1. The first-order chi connectivity index (χ1) is 14.4. The predicted octanol–water partition coefficient (Wildman–Crippen LogP) is 3.38. The summed E-state index contributed by atoms with van der Waals surface area (Å²) in [6.07, 6.45) is 2.01. The average molecular weight is 402 g/mol. The third-order valence-corrected chi connectivity index (χ3v) is 5.03. The van der Waals surface area contributed by atoms with Gasteiger partial charge in [0.2, 0.25) is 5.78 Å². The summed E-state index contributed by atoms with van der Waals surface area (Å²) in [5.74, 6) is -2.02. The van der Waals surface area contributed by atoms with Crippen molar-refractivity contribution >= 4 is 34.5 Å². The fourth-order valence-corrected chi connectivity index (χ4v) is 3.49. The van der Waals surface area contributed by atoms with Crippen molar-refractivity contribution in [1.82, 2.24) is 9.88 Å². The van der Waals surface area contributed by atoms with E-state index in [1.165, 1.54) is 31.2 Å². The molecule has 3 aromatic rings. The van der Waals surface area contributed by atoms with Gasteiger partial charge in [-0.1, -0.05) is 24.3 Å². The summed E-state index contributed by atoms with van der Waals surface area (Å²) in [5.41, 5.74) is 1.69. The molecule has 30 heavy (non-hydrogen) atoms. The largest absolute Gasteiger partial charge is 0.451 e. The summed E-state index contributed by atoms with van der Waals surface area (Å²) in [6.45, 7) is 5.12. The molecule has 0 spiro atoms. The molecule has 2 amide bonds. The molecule has 1 aromatic heterocycles. The molecular weight excluding hydrogens is 384 g/mol. The van der Waals surface area contributed by atoms with Gasteiger partial charge in [-0.2, -0.15) is 0 Å². The van der Waals surface area contributed by atoms with Crippen LogP contribution >= 0.6 is 0 Å². The van der Waals surface area contributed by atoms with E-state index in [1.807, 2.05) is 24.3 Å². The highest BCUT2D eigenvalue weighted by Gasteiger charge is 2.35. The molecule has 0 bridgehead atoms. The van der Waals surface area contributed by atoms with Crippen LogP contribution in [0.1, 0.15) is 48.4 Å². The Morgan fingerprint density at radius 3 is 2.63 bits per heavy atom. The van der Waals surface area contributed by atoms with Gasteiger partial charge in [-0.05, 0) is 31.2 Å². The van der Waals surface area contributed by atoms with Crippen LogP contribution < -0.4 is 0 Å². The third kappa shape index (κ3) is 3.10. The van der Waals surface area contributed by atoms with Crippen LogP contribution in [0.15, 0.2) is 61.3 Å². The Balaban J connectivity index is 1.53. The number of Topliss-reactive ketones (excluding diaryl/α,β-unsaturated/α-hetero) is 1. The number of nitrogens with one attached hydrogen (secondary N) is 1. The lowest BCUT2D eigenvalue weighted by Gasteiger charge is -2.12. The van der Waals surface area contributed by atoms with E-state index >= 15 is 0 Å². The fraction of sp³-hybridized carbons (Fsp3) is 0.130. The van der Waals surface area contributed by atoms with Crippen LogP contribution in [-0.4, -0.2) is 46.1 Å². The first-order valence-corrected chi connectivity index (χ1v) is 9.35. The monoisotopic (exact) mass is 402 g/mol. The molecule has 0 saturated carbocycles. The number of H-pyrrole nitrogens is 1. The molecule has 1 aliphatic heterocycles. The van der Waals surface area contributed by atoms with Crippen LogP contribution in [0.25, 0.3) is 10.9 Å². The number of imide groups is 1. The maximum absolute atomic E-state index is 12.8. The lowest BCUT2D eigenvalue weighted by molar-refractivity contribution is 0.0319. The lowest BCUT2D eigenvalue weighted by Crippen LogP contribution is -2.29. The highest BCUT2D eigenvalue weighted by molar-refractivity contribution is 6.22. The number of ether oxygens (including phenoxy) is 1. The highest BCUT2D eigenvalue weighted by Crippen LogP contribution is 2.25. The van der Waals surface area contributed by atoms with E-state index in [0.717, 1.165) is 15.8 Å². The number of hydrogen-bond acceptors (Lipinski definition) is 5. The van der Waals surface area contributed by atoms with Crippen LogP contribution in [-0.2, 0) is 4.74 Å². The van der Waals surface area contributed by atoms with Gasteiger partial charge < -0.3 is 9.72 Å². The molecule has 0 fully saturated rings. The standard InChI is InChI=1S/C23H18N2O5/c1-3-10-25-21(27)16-9-8-14(11-17(16)22(25)28)23(29)30-13(2)20(26)18-12-24-19-7-5-4-6-15(18)19/h3-9,11-13,24H,1,10H2,2H3/t13-/m1/s1. The second-order valence-electron chi connectivity index (χ2n) is 6.93. The van der Waals surface area contributed by atoms with Crippen LogP contribution in [0.3, 0.4) is 0 Å². The number of para-hydroxylation sites is 1. The van der Waals surface area contributed by atoms with Gasteiger partial charge in [-0.15, -0.1) is 6.58 Å². The molecule has 0 radical (unpaired) electrons. The van der Waals surface area contributed by atoms with Crippen molar-refractivity contribution in [1.29, 1.82) is 0 Å². The molecule has 1 N–H and O–H groups in total. The molecule has 7 heteroatoms. The van der Waals surface area contributed by atoms with Gasteiger partial charge in [0.25, 0.3) is 11.8 Å². The fourth-order valence-electron chi connectivity index (χ4n) is 3.49. The Morgan fingerprint density at radius 2 is 1.87 bits per heavy atom. The SMILES string of the molecule is C=CCN1C(=O)c2ccc(C(=O)O[C@H](C)C(=O)c3c[nH]c4ccccc34)cc2C1=O. The summed E-state index contributed by atoms with van der Waals surface area (Å²) in [4.78, 5) is 54.1. The average Bonchev–Trinajstić information content (AvgIpc) is 3.28. The molecule has 0 unspecified atom stereocenters. The number of carbonyl (C=O) groups is 4. The van der Waals surface area contributed by atoms with E-state index in [0.29, 0.717) is 5.56 Å². The first-order valence-electron chi connectivity index (χ1n) is 9.35. The van der Waals surface area contributed by atoms with Gasteiger partial charge in [0.05, 0.1) is 16.7 Å². The van der Waals surface area contributed by atoms with E-state index in [4.69, 9.17) is 4.74 Å². The number of hydrogen-bond donors (Lipinski definition) is 1. The van der Waals surface area contributed by atoms with Crippen LogP contribution in [0.5, 0.6) is 0 Å². The minimum atomic E-state index is -1.03. The van der Waals surface area contributed by atoms with Gasteiger partial charge in [-0.3, -0.25) is 19.3 Å². The van der Waals surface area contributed by atoms with Crippen LogP contribution in [0.4, 0.5) is 0 Å². The van der Waals surface area contributed by atoms with E-state index in [-0.39, 0.29) is 29.0 Å². The van der Waals surface area contributed by atoms with Crippen molar-refractivity contribution in [3.8, 4) is 0 Å². The summed E-state index contributed by atoms with van der Waals surface area (Å²) in [6, 6.07) is 11.5. The normalized spacial score (nSPS) is 14.0.